The second kappa shape index (κ2) is 5.59. The monoisotopic (exact) mass is 247 g/mol. The number of amides is 1. The Morgan fingerprint density at radius 1 is 1.61 bits per heavy atom. The predicted octanol–water partition coefficient (Wildman–Crippen LogP) is -0.176. The van der Waals surface area contributed by atoms with E-state index in [1.165, 1.54) is 0 Å². The van der Waals surface area contributed by atoms with Crippen molar-refractivity contribution >= 4 is 12.1 Å². The largest absolute Gasteiger partial charge is 0.368 e. The summed E-state index contributed by atoms with van der Waals surface area (Å²) in [5, 5.41) is 3.44. The summed E-state index contributed by atoms with van der Waals surface area (Å²) in [7, 11) is 0. The molecule has 0 aromatic carbocycles. The second-order valence-corrected chi connectivity index (χ2v) is 4.39. The van der Waals surface area contributed by atoms with Crippen LogP contribution in [0.3, 0.4) is 0 Å². The van der Waals surface area contributed by atoms with Gasteiger partial charge in [-0.1, -0.05) is 0 Å². The molecule has 1 fully saturated rings. The van der Waals surface area contributed by atoms with Crippen molar-refractivity contribution in [3.8, 4) is 0 Å². The fourth-order valence-electron chi connectivity index (χ4n) is 2.24. The summed E-state index contributed by atoms with van der Waals surface area (Å²) in [5.41, 5.74) is 7.14. The van der Waals surface area contributed by atoms with Crippen LogP contribution in [0.15, 0.2) is 23.4 Å². The van der Waals surface area contributed by atoms with Gasteiger partial charge in [0.15, 0.2) is 0 Å². The second-order valence-electron chi connectivity index (χ2n) is 4.39. The van der Waals surface area contributed by atoms with Crippen molar-refractivity contribution in [2.45, 2.75) is 25.4 Å². The third-order valence-corrected chi connectivity index (χ3v) is 3.13. The molecule has 0 bridgehead atoms. The molecule has 1 atom stereocenters. The third kappa shape index (κ3) is 2.84. The highest BCUT2D eigenvalue weighted by molar-refractivity contribution is 5.80. The van der Waals surface area contributed by atoms with Crippen LogP contribution in [0.4, 0.5) is 0 Å². The quantitative estimate of drug-likeness (QED) is 0.438. The first-order valence-electron chi connectivity index (χ1n) is 5.92. The number of likely N-dealkylation sites (tertiary alicyclic amines) is 1. The van der Waals surface area contributed by atoms with Crippen molar-refractivity contribution in [3.63, 3.8) is 0 Å². The molecule has 2 heterocycles. The summed E-state index contributed by atoms with van der Waals surface area (Å²) in [5.74, 6) is 4.81. The first-order valence-corrected chi connectivity index (χ1v) is 5.92. The van der Waals surface area contributed by atoms with Crippen molar-refractivity contribution in [2.24, 2.45) is 16.7 Å². The van der Waals surface area contributed by atoms with E-state index >= 15 is 0 Å². The Labute approximate surface area is 106 Å². The maximum absolute atomic E-state index is 11.3. The van der Waals surface area contributed by atoms with E-state index in [-0.39, 0.29) is 11.9 Å². The van der Waals surface area contributed by atoms with Crippen LogP contribution in [0.25, 0.3) is 0 Å². The van der Waals surface area contributed by atoms with Gasteiger partial charge < -0.3 is 11.6 Å². The van der Waals surface area contributed by atoms with Crippen molar-refractivity contribution < 1.29 is 4.79 Å². The van der Waals surface area contributed by atoms with Crippen LogP contribution in [0.1, 0.15) is 24.1 Å². The number of primary amides is 1. The Morgan fingerprint density at radius 3 is 3.06 bits per heavy atom. The molecule has 0 saturated carbocycles. The molecule has 1 amide bonds. The molecule has 2 rings (SSSR count). The Kier molecular flexibility index (Phi) is 3.88. The van der Waals surface area contributed by atoms with E-state index in [2.05, 4.69) is 15.0 Å². The minimum atomic E-state index is -0.251. The van der Waals surface area contributed by atoms with Gasteiger partial charge in [0.25, 0.3) is 0 Å². The first kappa shape index (κ1) is 12.5. The highest BCUT2D eigenvalue weighted by Gasteiger charge is 2.28. The number of hydrazone groups is 1. The minimum Gasteiger partial charge on any atom is -0.368 e. The van der Waals surface area contributed by atoms with Crippen LogP contribution in [-0.2, 0) is 11.3 Å². The zero-order chi connectivity index (χ0) is 13.0. The fourth-order valence-corrected chi connectivity index (χ4v) is 2.24. The van der Waals surface area contributed by atoms with Gasteiger partial charge >= 0.3 is 0 Å². The van der Waals surface area contributed by atoms with E-state index < -0.39 is 0 Å². The van der Waals surface area contributed by atoms with Gasteiger partial charge in [0.1, 0.15) is 0 Å². The Morgan fingerprint density at radius 2 is 2.44 bits per heavy atom. The van der Waals surface area contributed by atoms with Crippen LogP contribution in [-0.4, -0.2) is 34.6 Å². The lowest BCUT2D eigenvalue weighted by Crippen LogP contribution is -2.39. The third-order valence-electron chi connectivity index (χ3n) is 3.13. The highest BCUT2D eigenvalue weighted by Crippen LogP contribution is 2.19. The van der Waals surface area contributed by atoms with E-state index in [0.29, 0.717) is 6.54 Å². The molecule has 4 N–H and O–H groups in total. The van der Waals surface area contributed by atoms with Gasteiger partial charge in [-0.25, -0.2) is 0 Å². The smallest absolute Gasteiger partial charge is 0.234 e. The predicted molar refractivity (Wildman–Crippen MR) is 68.6 cm³/mol. The molecule has 0 spiro atoms. The zero-order valence-corrected chi connectivity index (χ0v) is 10.1. The summed E-state index contributed by atoms with van der Waals surface area (Å²) in [6.07, 6.45) is 5.10. The Hall–Kier alpha value is -1.95. The average molecular weight is 247 g/mol. The van der Waals surface area contributed by atoms with Crippen molar-refractivity contribution in [3.05, 3.63) is 29.6 Å². The number of carbonyl (C=O) groups excluding carboxylic acids is 1. The van der Waals surface area contributed by atoms with Crippen LogP contribution in [0, 0.1) is 0 Å². The fraction of sp³-hybridized carbons (Fsp3) is 0.417. The molecule has 6 heteroatoms. The van der Waals surface area contributed by atoms with Crippen molar-refractivity contribution in [2.75, 3.05) is 6.54 Å². The minimum absolute atomic E-state index is 0.155. The number of hydrogen-bond acceptors (Lipinski definition) is 5. The zero-order valence-electron chi connectivity index (χ0n) is 10.1. The number of nitrogens with zero attached hydrogens (tertiary/aromatic N) is 3. The van der Waals surface area contributed by atoms with Gasteiger partial charge in [-0.3, -0.25) is 14.7 Å². The van der Waals surface area contributed by atoms with Gasteiger partial charge in [-0.15, -0.1) is 0 Å². The number of hydrogen-bond donors (Lipinski definition) is 2. The van der Waals surface area contributed by atoms with E-state index in [9.17, 15) is 4.79 Å². The van der Waals surface area contributed by atoms with Gasteiger partial charge in [-0.05, 0) is 31.5 Å². The molecular weight excluding hydrogens is 230 g/mol. The van der Waals surface area contributed by atoms with E-state index in [4.69, 9.17) is 11.6 Å². The first-order chi connectivity index (χ1) is 8.70. The van der Waals surface area contributed by atoms with Gasteiger partial charge in [0, 0.05) is 18.3 Å². The van der Waals surface area contributed by atoms with E-state index in [0.717, 1.165) is 30.6 Å². The number of nitrogens with two attached hydrogens (primary N) is 2. The molecule has 1 aromatic rings. The Bertz CT molecular complexity index is 442. The summed E-state index contributed by atoms with van der Waals surface area (Å²) in [6.45, 7) is 1.54. The summed E-state index contributed by atoms with van der Waals surface area (Å²) < 4.78 is 0. The van der Waals surface area contributed by atoms with Crippen molar-refractivity contribution in [1.29, 1.82) is 0 Å². The molecule has 0 aliphatic carbocycles. The van der Waals surface area contributed by atoms with Crippen LogP contribution in [0.2, 0.25) is 0 Å². The summed E-state index contributed by atoms with van der Waals surface area (Å²) in [6, 6.07) is 3.65. The standard InChI is InChI=1S/C12H17N5O/c13-12(18)11-2-1-5-17(11)8-10-4-3-9(6-15-10)7-16-14/h3-4,6-7,11H,1-2,5,8,14H2,(H2,13,18)/t11-/m0/s1. The number of aromatic nitrogens is 1. The molecular formula is C12H17N5O. The normalized spacial score (nSPS) is 20.6. The molecule has 0 radical (unpaired) electrons. The van der Waals surface area contributed by atoms with Crippen LogP contribution < -0.4 is 11.6 Å². The number of rotatable bonds is 4. The van der Waals surface area contributed by atoms with Crippen LogP contribution >= 0.6 is 0 Å². The molecule has 1 aliphatic rings. The number of pyridine rings is 1. The van der Waals surface area contributed by atoms with E-state index in [1.807, 2.05) is 12.1 Å². The lowest BCUT2D eigenvalue weighted by atomic mass is 10.2. The van der Waals surface area contributed by atoms with Crippen molar-refractivity contribution in [1.82, 2.24) is 9.88 Å². The van der Waals surface area contributed by atoms with Crippen LogP contribution in [0.5, 0.6) is 0 Å². The summed E-state index contributed by atoms with van der Waals surface area (Å²) in [4.78, 5) is 17.7. The molecule has 6 nitrogen and oxygen atoms in total. The maximum atomic E-state index is 11.3. The average Bonchev–Trinajstić information content (AvgIpc) is 2.80. The molecule has 18 heavy (non-hydrogen) atoms. The van der Waals surface area contributed by atoms with Gasteiger partial charge in [-0.2, -0.15) is 5.10 Å². The summed E-state index contributed by atoms with van der Waals surface area (Å²) >= 11 is 0. The molecule has 1 saturated heterocycles. The van der Waals surface area contributed by atoms with Gasteiger partial charge in [0.05, 0.1) is 18.0 Å². The topological polar surface area (TPSA) is 97.6 Å². The SMILES string of the molecule is NN=Cc1ccc(CN2CCC[C@H]2C(N)=O)nc1. The maximum Gasteiger partial charge on any atom is 0.234 e. The lowest BCUT2D eigenvalue weighted by Gasteiger charge is -2.21. The van der Waals surface area contributed by atoms with E-state index in [1.54, 1.807) is 12.4 Å². The van der Waals surface area contributed by atoms with Gasteiger partial charge in [0.2, 0.25) is 5.91 Å². The molecule has 96 valence electrons. The molecule has 1 aliphatic heterocycles. The lowest BCUT2D eigenvalue weighted by molar-refractivity contribution is -0.122. The number of carbonyl (C=O) groups is 1. The molecule has 1 aromatic heterocycles. The molecule has 0 unspecified atom stereocenters. The highest BCUT2D eigenvalue weighted by atomic mass is 16.1. The Balaban J connectivity index is 2.02.